The van der Waals surface area contributed by atoms with Gasteiger partial charge in [-0.15, -0.1) is 0 Å². The first-order valence-electron chi connectivity index (χ1n) is 9.56. The van der Waals surface area contributed by atoms with Gasteiger partial charge in [0.05, 0.1) is 16.3 Å². The van der Waals surface area contributed by atoms with Gasteiger partial charge in [-0.3, -0.25) is 10.1 Å². The Bertz CT molecular complexity index is 998. The minimum atomic E-state index is -0.436. The number of nitrogen functional groups attached to an aromatic ring is 3. The van der Waals surface area contributed by atoms with E-state index in [1.807, 2.05) is 13.1 Å². The average molecular weight is 542 g/mol. The third kappa shape index (κ3) is 4.56. The Labute approximate surface area is 192 Å². The van der Waals surface area contributed by atoms with Gasteiger partial charge in [-0.1, -0.05) is 31.9 Å². The van der Waals surface area contributed by atoms with Gasteiger partial charge < -0.3 is 27.0 Å². The molecule has 8 nitrogen and oxygen atoms in total. The van der Waals surface area contributed by atoms with Gasteiger partial charge in [-0.25, -0.2) is 0 Å². The maximum Gasteiger partial charge on any atom is 0.293 e. The van der Waals surface area contributed by atoms with Crippen LogP contribution in [0.15, 0.2) is 21.1 Å². The summed E-state index contributed by atoms with van der Waals surface area (Å²) in [6.45, 7) is 3.59. The number of likely N-dealkylation sites (N-methyl/N-ethyl adjacent to an activating group) is 2. The minimum absolute atomic E-state index is 0.0130. The zero-order chi connectivity index (χ0) is 22.2. The van der Waals surface area contributed by atoms with Gasteiger partial charge in [0.1, 0.15) is 5.69 Å². The smallest absolute Gasteiger partial charge is 0.293 e. The van der Waals surface area contributed by atoms with Gasteiger partial charge in [-0.2, -0.15) is 0 Å². The zero-order valence-electron chi connectivity index (χ0n) is 17.0. The highest BCUT2D eigenvalue weighted by Crippen LogP contribution is 2.37. The van der Waals surface area contributed by atoms with Crippen molar-refractivity contribution in [3.63, 3.8) is 0 Å². The van der Waals surface area contributed by atoms with Gasteiger partial charge >= 0.3 is 0 Å². The molecule has 0 saturated heterocycles. The van der Waals surface area contributed by atoms with Crippen LogP contribution in [0.3, 0.4) is 0 Å². The number of hydrogen-bond acceptors (Lipinski definition) is 7. The van der Waals surface area contributed by atoms with Crippen molar-refractivity contribution >= 4 is 54.6 Å². The molecule has 2 aromatic carbocycles. The summed E-state index contributed by atoms with van der Waals surface area (Å²) < 4.78 is 1.88. The zero-order valence-corrected chi connectivity index (χ0v) is 20.2. The van der Waals surface area contributed by atoms with E-state index >= 15 is 0 Å². The van der Waals surface area contributed by atoms with Gasteiger partial charge in [0, 0.05) is 46.8 Å². The molecule has 0 fully saturated rings. The number of nitrogens with zero attached hydrogens (tertiary/aromatic N) is 3. The Morgan fingerprint density at radius 3 is 1.83 bits per heavy atom. The Balaban J connectivity index is 0.000000172. The number of nitro benzene ring substituents is 1. The lowest BCUT2D eigenvalue weighted by molar-refractivity contribution is -0.384. The summed E-state index contributed by atoms with van der Waals surface area (Å²) >= 11 is 6.91. The molecule has 0 spiro atoms. The van der Waals surface area contributed by atoms with Crippen LogP contribution in [0.25, 0.3) is 0 Å². The summed E-state index contributed by atoms with van der Waals surface area (Å²) in [7, 11) is 4.08. The molecule has 4 rings (SSSR count). The Hall–Kier alpha value is -1.88. The number of benzene rings is 2. The fraction of sp³-hybridized carbons (Fsp3) is 0.400. The Morgan fingerprint density at radius 2 is 1.33 bits per heavy atom. The van der Waals surface area contributed by atoms with E-state index in [0.717, 1.165) is 58.2 Å². The molecule has 0 unspecified atom stereocenters. The van der Waals surface area contributed by atoms with E-state index in [9.17, 15) is 10.1 Å². The molecule has 0 amide bonds. The van der Waals surface area contributed by atoms with Crippen molar-refractivity contribution < 1.29 is 4.92 Å². The van der Waals surface area contributed by atoms with E-state index in [0.29, 0.717) is 17.9 Å². The second-order valence-corrected chi connectivity index (χ2v) is 9.51. The molecule has 2 heterocycles. The van der Waals surface area contributed by atoms with Crippen molar-refractivity contribution in [3.05, 3.63) is 53.4 Å². The van der Waals surface area contributed by atoms with Crippen LogP contribution < -0.4 is 17.2 Å². The van der Waals surface area contributed by atoms with E-state index in [1.165, 1.54) is 17.2 Å². The van der Waals surface area contributed by atoms with Crippen LogP contribution in [-0.2, 0) is 25.9 Å². The normalized spacial score (nSPS) is 16.3. The molecule has 0 saturated carbocycles. The molecule has 30 heavy (non-hydrogen) atoms. The number of fused-ring (bicyclic) bond motifs is 2. The van der Waals surface area contributed by atoms with E-state index in [1.54, 1.807) is 0 Å². The van der Waals surface area contributed by atoms with Crippen molar-refractivity contribution in [2.75, 3.05) is 44.4 Å². The largest absolute Gasteiger partial charge is 0.397 e. The lowest BCUT2D eigenvalue weighted by Crippen LogP contribution is -2.28. The standard InChI is InChI=1S/C10H12BrN3O2.C10H14BrN3/c1-13-3-2-6-7(5-13)10(12)9(14(15)16)4-8(6)11;1-14-3-2-6-7(5-14)10(13)9(12)4-8(6)11/h4H,2-3,5,12H2,1H3;4H,2-3,5,12-13H2,1H3. The third-order valence-electron chi connectivity index (χ3n) is 5.63. The molecule has 2 aliphatic heterocycles. The highest BCUT2D eigenvalue weighted by Gasteiger charge is 2.25. The van der Waals surface area contributed by atoms with Gasteiger partial charge in [-0.05, 0) is 49.7 Å². The van der Waals surface area contributed by atoms with Crippen LogP contribution >= 0.6 is 31.9 Å². The predicted molar refractivity (Wildman–Crippen MR) is 128 cm³/mol. The van der Waals surface area contributed by atoms with Crippen molar-refractivity contribution in [1.82, 2.24) is 9.80 Å². The second kappa shape index (κ2) is 9.09. The van der Waals surface area contributed by atoms with E-state index in [2.05, 4.69) is 48.7 Å². The van der Waals surface area contributed by atoms with E-state index in [4.69, 9.17) is 17.2 Å². The first-order chi connectivity index (χ1) is 14.1. The molecular formula is C20H26Br2N6O2. The fourth-order valence-corrected chi connectivity index (χ4v) is 5.22. The summed E-state index contributed by atoms with van der Waals surface area (Å²) in [5, 5.41) is 10.8. The molecule has 10 heteroatoms. The molecular weight excluding hydrogens is 516 g/mol. The van der Waals surface area contributed by atoms with E-state index < -0.39 is 4.92 Å². The molecule has 6 N–H and O–H groups in total. The summed E-state index contributed by atoms with van der Waals surface area (Å²) in [6, 6.07) is 3.40. The quantitative estimate of drug-likeness (QED) is 0.286. The Morgan fingerprint density at radius 1 is 0.867 bits per heavy atom. The Kier molecular flexibility index (Phi) is 6.91. The van der Waals surface area contributed by atoms with Crippen molar-refractivity contribution in [2.45, 2.75) is 25.9 Å². The van der Waals surface area contributed by atoms with Gasteiger partial charge in [0.2, 0.25) is 0 Å². The SMILES string of the molecule is CN1CCc2c(Br)cc(N)c(N)c2C1.CN1CCc2c(Br)cc([N+](=O)[O-])c(N)c2C1. The summed E-state index contributed by atoms with van der Waals surface area (Å²) in [6.07, 6.45) is 1.91. The first-order valence-corrected chi connectivity index (χ1v) is 11.1. The van der Waals surface area contributed by atoms with Crippen LogP contribution in [0, 0.1) is 10.1 Å². The second-order valence-electron chi connectivity index (χ2n) is 7.80. The summed E-state index contributed by atoms with van der Waals surface area (Å²) in [4.78, 5) is 14.8. The molecule has 2 aromatic rings. The summed E-state index contributed by atoms with van der Waals surface area (Å²) in [5.41, 5.74) is 23.8. The van der Waals surface area contributed by atoms with Crippen molar-refractivity contribution in [3.8, 4) is 0 Å². The molecule has 162 valence electrons. The first kappa shape index (κ1) is 22.8. The number of rotatable bonds is 1. The number of anilines is 3. The van der Waals surface area contributed by atoms with Gasteiger partial charge in [0.15, 0.2) is 0 Å². The fourth-order valence-electron chi connectivity index (χ4n) is 3.88. The number of halogens is 2. The van der Waals surface area contributed by atoms with Gasteiger partial charge in [0.25, 0.3) is 5.69 Å². The predicted octanol–water partition coefficient (Wildman–Crippen LogP) is 3.53. The highest BCUT2D eigenvalue weighted by molar-refractivity contribution is 9.10. The van der Waals surface area contributed by atoms with Crippen LogP contribution in [0.4, 0.5) is 22.7 Å². The maximum absolute atomic E-state index is 10.8. The molecule has 2 aliphatic rings. The number of nitro groups is 1. The molecule has 0 radical (unpaired) electrons. The average Bonchev–Trinajstić information content (AvgIpc) is 2.69. The molecule has 0 bridgehead atoms. The topological polar surface area (TPSA) is 128 Å². The molecule has 0 aromatic heterocycles. The van der Waals surface area contributed by atoms with Crippen LogP contribution in [0.1, 0.15) is 22.3 Å². The lowest BCUT2D eigenvalue weighted by Gasteiger charge is -2.27. The van der Waals surface area contributed by atoms with Crippen molar-refractivity contribution in [2.24, 2.45) is 0 Å². The van der Waals surface area contributed by atoms with Crippen LogP contribution in [0.2, 0.25) is 0 Å². The van der Waals surface area contributed by atoms with Crippen LogP contribution in [-0.4, -0.2) is 41.9 Å². The third-order valence-corrected chi connectivity index (χ3v) is 7.04. The molecule has 0 aliphatic carbocycles. The van der Waals surface area contributed by atoms with Crippen LogP contribution in [0.5, 0.6) is 0 Å². The highest BCUT2D eigenvalue weighted by atomic mass is 79.9. The number of nitrogens with two attached hydrogens (primary N) is 3. The number of hydrogen-bond donors (Lipinski definition) is 3. The maximum atomic E-state index is 10.8. The van der Waals surface area contributed by atoms with Crippen molar-refractivity contribution in [1.29, 1.82) is 0 Å². The summed E-state index contributed by atoms with van der Waals surface area (Å²) in [5.74, 6) is 0. The molecule has 0 atom stereocenters. The monoisotopic (exact) mass is 540 g/mol. The minimum Gasteiger partial charge on any atom is -0.397 e. The lowest BCUT2D eigenvalue weighted by atomic mass is 9.97. The van der Waals surface area contributed by atoms with E-state index in [-0.39, 0.29) is 5.69 Å².